The van der Waals surface area contributed by atoms with Gasteiger partial charge in [0, 0.05) is 17.3 Å². The lowest BCUT2D eigenvalue weighted by atomic mass is 10.1. The van der Waals surface area contributed by atoms with E-state index >= 15 is 0 Å². The quantitative estimate of drug-likeness (QED) is 0.747. The van der Waals surface area contributed by atoms with Crippen LogP contribution >= 0.6 is 27.5 Å². The average Bonchev–Trinajstić information content (AvgIpc) is 2.53. The number of nitrogens with zero attached hydrogens (tertiary/aromatic N) is 2. The fraction of sp³-hybridized carbons (Fsp3) is 0.200. The molecule has 0 radical (unpaired) electrons. The lowest BCUT2D eigenvalue weighted by molar-refractivity contribution is 0.575. The molecule has 0 aromatic carbocycles. The summed E-state index contributed by atoms with van der Waals surface area (Å²) in [7, 11) is 0. The van der Waals surface area contributed by atoms with Crippen molar-refractivity contribution in [3.8, 4) is 10.4 Å². The molecule has 0 aliphatic rings. The molecule has 0 fully saturated rings. The topological polar surface area (TPSA) is 25.8 Å². The second kappa shape index (κ2) is 3.98. The van der Waals surface area contributed by atoms with Crippen LogP contribution in [0.4, 0.5) is 4.39 Å². The molecule has 2 aromatic rings. The van der Waals surface area contributed by atoms with Gasteiger partial charge >= 0.3 is 0 Å². The number of aromatic nitrogens is 2. The third-order valence-electron chi connectivity index (χ3n) is 2.18. The van der Waals surface area contributed by atoms with Crippen molar-refractivity contribution in [1.29, 1.82) is 0 Å². The summed E-state index contributed by atoms with van der Waals surface area (Å²) in [6, 6.07) is 1.80. The van der Waals surface area contributed by atoms with Gasteiger partial charge in [-0.15, -0.1) is 0 Å². The molecule has 0 bridgehead atoms. The highest BCUT2D eigenvalue weighted by atomic mass is 79.9. The van der Waals surface area contributed by atoms with Crippen LogP contribution in [0.3, 0.4) is 0 Å². The van der Waals surface area contributed by atoms with E-state index in [1.54, 1.807) is 13.0 Å². The first kappa shape index (κ1) is 10.7. The number of hydrogen-bond donors (Lipinski definition) is 0. The molecule has 0 N–H and O–H groups in total. The molecule has 0 amide bonds. The zero-order chi connectivity index (χ0) is 11.0. The van der Waals surface area contributed by atoms with Crippen LogP contribution in [0.25, 0.3) is 10.4 Å². The molecule has 0 atom stereocenters. The molecule has 15 heavy (non-hydrogen) atoms. The number of pyridine rings is 1. The number of aryl methyl sites for hydroxylation is 1. The molecule has 2 nitrogen and oxygen atoms in total. The predicted octanol–water partition coefficient (Wildman–Crippen LogP) is 3.72. The number of hydrogen-bond acceptors (Lipinski definition) is 3. The Bertz CT molecular complexity index is 510. The molecule has 2 aromatic heterocycles. The summed E-state index contributed by atoms with van der Waals surface area (Å²) < 4.78 is 18.4. The van der Waals surface area contributed by atoms with Gasteiger partial charge in [-0.1, -0.05) is 0 Å². The number of halogens is 2. The minimum Gasteiger partial charge on any atom is -0.228 e. The van der Waals surface area contributed by atoms with Gasteiger partial charge in [-0.3, -0.25) is 0 Å². The van der Waals surface area contributed by atoms with Crippen LogP contribution in [-0.2, 0) is 0 Å². The highest BCUT2D eigenvalue weighted by Crippen LogP contribution is 2.36. The van der Waals surface area contributed by atoms with Gasteiger partial charge in [0.2, 0.25) is 5.95 Å². The highest BCUT2D eigenvalue weighted by Gasteiger charge is 2.14. The smallest absolute Gasteiger partial charge is 0.216 e. The first-order chi connectivity index (χ1) is 7.11. The van der Waals surface area contributed by atoms with Crippen molar-refractivity contribution in [2.75, 3.05) is 0 Å². The average molecular weight is 287 g/mol. The van der Waals surface area contributed by atoms with Gasteiger partial charge in [0.25, 0.3) is 0 Å². The van der Waals surface area contributed by atoms with Gasteiger partial charge < -0.3 is 0 Å². The Labute approximate surface area is 99.5 Å². The monoisotopic (exact) mass is 286 g/mol. The minimum absolute atomic E-state index is 0.426. The van der Waals surface area contributed by atoms with Crippen LogP contribution < -0.4 is 0 Å². The van der Waals surface area contributed by atoms with E-state index in [-0.39, 0.29) is 0 Å². The maximum absolute atomic E-state index is 13.3. The van der Waals surface area contributed by atoms with E-state index < -0.39 is 5.95 Å². The van der Waals surface area contributed by atoms with Crippen molar-refractivity contribution in [2.45, 2.75) is 13.8 Å². The van der Waals surface area contributed by atoms with Crippen LogP contribution in [-0.4, -0.2) is 9.36 Å². The Kier molecular flexibility index (Phi) is 2.84. The van der Waals surface area contributed by atoms with E-state index in [4.69, 9.17) is 0 Å². The third kappa shape index (κ3) is 1.81. The Hall–Kier alpha value is -0.810. The van der Waals surface area contributed by atoms with Gasteiger partial charge in [-0.2, -0.15) is 8.76 Å². The van der Waals surface area contributed by atoms with Crippen molar-refractivity contribution >= 4 is 27.5 Å². The van der Waals surface area contributed by atoms with E-state index in [2.05, 4.69) is 25.3 Å². The largest absolute Gasteiger partial charge is 0.228 e. The fourth-order valence-corrected chi connectivity index (χ4v) is 2.79. The molecule has 0 saturated heterocycles. The number of rotatable bonds is 1. The first-order valence-corrected chi connectivity index (χ1v) is 5.91. The molecule has 2 heterocycles. The minimum atomic E-state index is -0.426. The van der Waals surface area contributed by atoms with Crippen LogP contribution in [0, 0.1) is 19.8 Å². The molecule has 0 unspecified atom stereocenters. The summed E-state index contributed by atoms with van der Waals surface area (Å²) in [4.78, 5) is 4.55. The second-order valence-electron chi connectivity index (χ2n) is 3.19. The Balaban J connectivity index is 2.64. The molecule has 0 aliphatic heterocycles. The van der Waals surface area contributed by atoms with E-state index in [1.807, 2.05) is 6.92 Å². The molecule has 0 spiro atoms. The van der Waals surface area contributed by atoms with E-state index in [9.17, 15) is 4.39 Å². The summed E-state index contributed by atoms with van der Waals surface area (Å²) >= 11 is 4.81. The first-order valence-electron chi connectivity index (χ1n) is 4.34. The Morgan fingerprint density at radius 3 is 2.73 bits per heavy atom. The lowest BCUT2D eigenvalue weighted by Gasteiger charge is -2.03. The van der Waals surface area contributed by atoms with Gasteiger partial charge in [0.05, 0.1) is 15.0 Å². The molecule has 2 rings (SSSR count). The maximum Gasteiger partial charge on any atom is 0.216 e. The predicted molar refractivity (Wildman–Crippen MR) is 62.5 cm³/mol. The van der Waals surface area contributed by atoms with Crippen molar-refractivity contribution in [3.63, 3.8) is 0 Å². The Morgan fingerprint density at radius 2 is 2.13 bits per heavy atom. The maximum atomic E-state index is 13.3. The second-order valence-corrected chi connectivity index (χ2v) is 4.75. The van der Waals surface area contributed by atoms with Crippen molar-refractivity contribution < 1.29 is 4.39 Å². The molecular formula is C10H8BrFN2S. The fourth-order valence-electron chi connectivity index (χ4n) is 1.28. The summed E-state index contributed by atoms with van der Waals surface area (Å²) in [5.41, 5.74) is 2.33. The van der Waals surface area contributed by atoms with Crippen LogP contribution in [0.1, 0.15) is 11.3 Å². The van der Waals surface area contributed by atoms with Crippen molar-refractivity contribution in [1.82, 2.24) is 9.36 Å². The Morgan fingerprint density at radius 1 is 1.40 bits per heavy atom. The zero-order valence-electron chi connectivity index (χ0n) is 8.21. The molecular weight excluding hydrogens is 279 g/mol. The third-order valence-corrected chi connectivity index (χ3v) is 4.38. The van der Waals surface area contributed by atoms with Gasteiger partial charge in [-0.05, 0) is 47.4 Å². The SMILES string of the molecule is Cc1nsc(-c2ccnc(F)c2C)c1Br. The summed E-state index contributed by atoms with van der Waals surface area (Å²) in [5, 5.41) is 0. The van der Waals surface area contributed by atoms with E-state index in [1.165, 1.54) is 17.7 Å². The van der Waals surface area contributed by atoms with Crippen LogP contribution in [0.2, 0.25) is 0 Å². The molecule has 5 heteroatoms. The summed E-state index contributed by atoms with van der Waals surface area (Å²) in [6.07, 6.45) is 1.47. The van der Waals surface area contributed by atoms with E-state index in [0.29, 0.717) is 5.56 Å². The zero-order valence-corrected chi connectivity index (χ0v) is 10.6. The lowest BCUT2D eigenvalue weighted by Crippen LogP contribution is -1.90. The molecule has 78 valence electrons. The standard InChI is InChI=1S/C10H8BrFN2S/c1-5-7(3-4-13-10(5)12)9-8(11)6(2)14-15-9/h3-4H,1-2H3. The molecule has 0 saturated carbocycles. The van der Waals surface area contributed by atoms with Crippen LogP contribution in [0.15, 0.2) is 16.7 Å². The highest BCUT2D eigenvalue weighted by molar-refractivity contribution is 9.10. The van der Waals surface area contributed by atoms with Gasteiger partial charge in [0.15, 0.2) is 0 Å². The summed E-state index contributed by atoms with van der Waals surface area (Å²) in [6.45, 7) is 3.64. The van der Waals surface area contributed by atoms with Crippen LogP contribution in [0.5, 0.6) is 0 Å². The van der Waals surface area contributed by atoms with Crippen molar-refractivity contribution in [2.24, 2.45) is 0 Å². The van der Waals surface area contributed by atoms with E-state index in [0.717, 1.165) is 20.6 Å². The normalized spacial score (nSPS) is 10.7. The summed E-state index contributed by atoms with van der Waals surface area (Å²) in [5.74, 6) is -0.426. The van der Waals surface area contributed by atoms with Gasteiger partial charge in [-0.25, -0.2) is 4.98 Å². The van der Waals surface area contributed by atoms with Gasteiger partial charge in [0.1, 0.15) is 0 Å². The molecule has 0 aliphatic carbocycles. The van der Waals surface area contributed by atoms with Crippen molar-refractivity contribution in [3.05, 3.63) is 33.9 Å².